The minimum Gasteiger partial charge on any atom is -0.321 e. The molecule has 0 aromatic heterocycles. The average Bonchev–Trinajstić information content (AvgIpc) is 2.42. The van der Waals surface area contributed by atoms with Crippen LogP contribution in [0.4, 0.5) is 5.69 Å². The molecule has 0 saturated carbocycles. The molecule has 0 unspecified atom stereocenters. The molecular weight excluding hydrogens is 246 g/mol. The molecule has 1 N–H and O–H groups in total. The van der Waals surface area contributed by atoms with Crippen LogP contribution in [0.15, 0.2) is 61.2 Å². The van der Waals surface area contributed by atoms with Crippen molar-refractivity contribution in [3.05, 3.63) is 66.2 Å². The van der Waals surface area contributed by atoms with Crippen LogP contribution >= 0.6 is 11.6 Å². The Bertz CT molecular complexity index is 578. The van der Waals surface area contributed by atoms with E-state index in [9.17, 15) is 4.79 Å². The summed E-state index contributed by atoms with van der Waals surface area (Å²) in [5.74, 6) is -0.274. The summed E-state index contributed by atoms with van der Waals surface area (Å²) >= 11 is 6.13. The highest BCUT2D eigenvalue weighted by atomic mass is 35.5. The van der Waals surface area contributed by atoms with Crippen molar-refractivity contribution in [2.45, 2.75) is 0 Å². The Morgan fingerprint density at radius 1 is 1.11 bits per heavy atom. The first-order valence-electron chi connectivity index (χ1n) is 5.49. The van der Waals surface area contributed by atoms with E-state index in [-0.39, 0.29) is 5.91 Å². The number of hydrogen-bond donors (Lipinski definition) is 1. The second-order valence-corrected chi connectivity index (χ2v) is 4.16. The number of halogens is 1. The van der Waals surface area contributed by atoms with Crippen LogP contribution in [0.1, 0.15) is 0 Å². The third kappa shape index (κ3) is 2.79. The number of rotatable bonds is 3. The predicted molar refractivity (Wildman–Crippen MR) is 75.7 cm³/mol. The minimum atomic E-state index is -0.274. The highest BCUT2D eigenvalue weighted by molar-refractivity contribution is 6.34. The zero-order valence-corrected chi connectivity index (χ0v) is 10.4. The van der Waals surface area contributed by atoms with E-state index < -0.39 is 0 Å². The Morgan fingerprint density at radius 2 is 1.83 bits per heavy atom. The van der Waals surface area contributed by atoms with Crippen molar-refractivity contribution in [1.82, 2.24) is 0 Å². The van der Waals surface area contributed by atoms with Gasteiger partial charge in [-0.2, -0.15) is 0 Å². The number of anilines is 1. The number of amides is 1. The molecular formula is C15H12ClNO. The molecule has 0 bridgehead atoms. The molecule has 0 fully saturated rings. The Hall–Kier alpha value is -2.06. The number of benzene rings is 2. The highest BCUT2D eigenvalue weighted by Crippen LogP contribution is 2.28. The van der Waals surface area contributed by atoms with Gasteiger partial charge in [0.05, 0.1) is 10.7 Å². The van der Waals surface area contributed by atoms with Crippen LogP contribution in [-0.4, -0.2) is 5.91 Å². The fraction of sp³-hybridized carbons (Fsp3) is 0. The van der Waals surface area contributed by atoms with Crippen molar-refractivity contribution >= 4 is 23.2 Å². The van der Waals surface area contributed by atoms with E-state index in [0.29, 0.717) is 10.7 Å². The molecule has 0 aliphatic rings. The monoisotopic (exact) mass is 257 g/mol. The SMILES string of the molecule is C=CC(=O)Nc1ccc(-c2ccccc2)cc1Cl. The Balaban J connectivity index is 2.30. The quantitative estimate of drug-likeness (QED) is 0.823. The lowest BCUT2D eigenvalue weighted by Crippen LogP contribution is -2.07. The van der Waals surface area contributed by atoms with Gasteiger partial charge in [-0.15, -0.1) is 0 Å². The summed E-state index contributed by atoms with van der Waals surface area (Å²) in [5, 5.41) is 3.16. The van der Waals surface area contributed by atoms with E-state index in [2.05, 4.69) is 11.9 Å². The maximum absolute atomic E-state index is 11.2. The lowest BCUT2D eigenvalue weighted by molar-refractivity contribution is -0.111. The van der Waals surface area contributed by atoms with Crippen molar-refractivity contribution in [2.24, 2.45) is 0 Å². The van der Waals surface area contributed by atoms with E-state index in [4.69, 9.17) is 11.6 Å². The van der Waals surface area contributed by atoms with Gasteiger partial charge in [0.15, 0.2) is 0 Å². The lowest BCUT2D eigenvalue weighted by Gasteiger charge is -2.07. The smallest absolute Gasteiger partial charge is 0.247 e. The van der Waals surface area contributed by atoms with Gasteiger partial charge in [-0.1, -0.05) is 54.6 Å². The van der Waals surface area contributed by atoms with Crippen molar-refractivity contribution in [3.8, 4) is 11.1 Å². The Labute approximate surface area is 111 Å². The normalized spacial score (nSPS) is 9.83. The van der Waals surface area contributed by atoms with Crippen LogP contribution < -0.4 is 5.32 Å². The molecule has 0 aliphatic heterocycles. The van der Waals surface area contributed by atoms with Crippen LogP contribution in [0.25, 0.3) is 11.1 Å². The molecule has 90 valence electrons. The molecule has 1 amide bonds. The first kappa shape index (κ1) is 12.4. The van der Waals surface area contributed by atoms with Gasteiger partial charge in [0, 0.05) is 0 Å². The van der Waals surface area contributed by atoms with Crippen LogP contribution in [0.2, 0.25) is 5.02 Å². The van der Waals surface area contributed by atoms with Gasteiger partial charge in [0.25, 0.3) is 0 Å². The molecule has 2 rings (SSSR count). The number of nitrogens with one attached hydrogen (secondary N) is 1. The molecule has 2 nitrogen and oxygen atoms in total. The standard InChI is InChI=1S/C15H12ClNO/c1-2-15(18)17-14-9-8-12(10-13(14)16)11-6-4-3-5-7-11/h2-10H,1H2,(H,17,18). The van der Waals surface area contributed by atoms with Gasteiger partial charge in [-0.3, -0.25) is 4.79 Å². The van der Waals surface area contributed by atoms with Crippen molar-refractivity contribution in [1.29, 1.82) is 0 Å². The van der Waals surface area contributed by atoms with E-state index >= 15 is 0 Å². The number of carbonyl (C=O) groups is 1. The Kier molecular flexibility index (Phi) is 3.80. The van der Waals surface area contributed by atoms with Gasteiger partial charge in [-0.05, 0) is 29.3 Å². The number of carbonyl (C=O) groups excluding carboxylic acids is 1. The second-order valence-electron chi connectivity index (χ2n) is 3.75. The van der Waals surface area contributed by atoms with E-state index in [1.165, 1.54) is 6.08 Å². The van der Waals surface area contributed by atoms with Gasteiger partial charge in [-0.25, -0.2) is 0 Å². The zero-order chi connectivity index (χ0) is 13.0. The molecule has 2 aromatic rings. The molecule has 0 radical (unpaired) electrons. The maximum atomic E-state index is 11.2. The van der Waals surface area contributed by atoms with Crippen molar-refractivity contribution in [2.75, 3.05) is 5.32 Å². The third-order valence-corrected chi connectivity index (χ3v) is 2.83. The van der Waals surface area contributed by atoms with Crippen LogP contribution in [0, 0.1) is 0 Å². The van der Waals surface area contributed by atoms with Crippen LogP contribution in [0.3, 0.4) is 0 Å². The molecule has 2 aromatic carbocycles. The summed E-state index contributed by atoms with van der Waals surface area (Å²) in [4.78, 5) is 11.2. The summed E-state index contributed by atoms with van der Waals surface area (Å²) in [7, 11) is 0. The molecule has 0 heterocycles. The van der Waals surface area contributed by atoms with Crippen molar-refractivity contribution < 1.29 is 4.79 Å². The third-order valence-electron chi connectivity index (χ3n) is 2.52. The average molecular weight is 258 g/mol. The highest BCUT2D eigenvalue weighted by Gasteiger charge is 2.05. The molecule has 3 heteroatoms. The van der Waals surface area contributed by atoms with E-state index in [1.807, 2.05) is 42.5 Å². The first-order valence-corrected chi connectivity index (χ1v) is 5.87. The molecule has 18 heavy (non-hydrogen) atoms. The van der Waals surface area contributed by atoms with Crippen molar-refractivity contribution in [3.63, 3.8) is 0 Å². The fourth-order valence-corrected chi connectivity index (χ4v) is 1.84. The summed E-state index contributed by atoms with van der Waals surface area (Å²) in [6, 6.07) is 15.4. The topological polar surface area (TPSA) is 29.1 Å². The molecule has 0 spiro atoms. The fourth-order valence-electron chi connectivity index (χ4n) is 1.61. The summed E-state index contributed by atoms with van der Waals surface area (Å²) in [6.07, 6.45) is 1.21. The van der Waals surface area contributed by atoms with Gasteiger partial charge in [0.1, 0.15) is 0 Å². The van der Waals surface area contributed by atoms with Gasteiger partial charge < -0.3 is 5.32 Å². The van der Waals surface area contributed by atoms with Gasteiger partial charge >= 0.3 is 0 Å². The maximum Gasteiger partial charge on any atom is 0.247 e. The lowest BCUT2D eigenvalue weighted by atomic mass is 10.1. The molecule has 0 saturated heterocycles. The summed E-state index contributed by atoms with van der Waals surface area (Å²) in [6.45, 7) is 3.40. The number of hydrogen-bond acceptors (Lipinski definition) is 1. The van der Waals surface area contributed by atoms with Gasteiger partial charge in [0.2, 0.25) is 5.91 Å². The predicted octanol–water partition coefficient (Wildman–Crippen LogP) is 4.13. The van der Waals surface area contributed by atoms with Crippen LogP contribution in [0.5, 0.6) is 0 Å². The first-order chi connectivity index (χ1) is 8.70. The summed E-state index contributed by atoms with van der Waals surface area (Å²) < 4.78 is 0. The zero-order valence-electron chi connectivity index (χ0n) is 9.69. The van der Waals surface area contributed by atoms with E-state index in [0.717, 1.165) is 11.1 Å². The Morgan fingerprint density at radius 3 is 2.44 bits per heavy atom. The molecule has 0 aliphatic carbocycles. The largest absolute Gasteiger partial charge is 0.321 e. The second kappa shape index (κ2) is 5.52. The van der Waals surface area contributed by atoms with E-state index in [1.54, 1.807) is 6.07 Å². The summed E-state index contributed by atoms with van der Waals surface area (Å²) in [5.41, 5.74) is 2.68. The molecule has 0 atom stereocenters. The van der Waals surface area contributed by atoms with Crippen LogP contribution in [-0.2, 0) is 4.79 Å². The minimum absolute atomic E-state index is 0.274.